The number of hydrogen-bond acceptors (Lipinski definition) is 3. The minimum Gasteiger partial charge on any atom is -0.326 e. The van der Waals surface area contributed by atoms with Crippen molar-refractivity contribution in [1.29, 1.82) is 0 Å². The molecule has 0 aromatic heterocycles. The average molecular weight is 263 g/mol. The molecule has 0 saturated carbocycles. The van der Waals surface area contributed by atoms with Crippen LogP contribution in [0.5, 0.6) is 0 Å². The van der Waals surface area contributed by atoms with Gasteiger partial charge in [-0.15, -0.1) is 0 Å². The molecule has 1 rings (SSSR count). The largest absolute Gasteiger partial charge is 0.326 e. The summed E-state index contributed by atoms with van der Waals surface area (Å²) in [5, 5.41) is 5.42. The summed E-state index contributed by atoms with van der Waals surface area (Å²) in [6.45, 7) is 5.39. The number of rotatable bonds is 5. The molecule has 2 unspecified atom stereocenters. The minimum atomic E-state index is -0.514. The van der Waals surface area contributed by atoms with Crippen LogP contribution in [0.25, 0.3) is 0 Å². The van der Waals surface area contributed by atoms with Crippen molar-refractivity contribution in [2.75, 3.05) is 10.6 Å². The molecule has 104 valence electrons. The van der Waals surface area contributed by atoms with Crippen molar-refractivity contribution in [2.24, 2.45) is 11.7 Å². The van der Waals surface area contributed by atoms with E-state index < -0.39 is 6.04 Å². The summed E-state index contributed by atoms with van der Waals surface area (Å²) >= 11 is 0. The second kappa shape index (κ2) is 6.89. The summed E-state index contributed by atoms with van der Waals surface area (Å²) in [7, 11) is 0. The molecular weight excluding hydrogens is 242 g/mol. The monoisotopic (exact) mass is 263 g/mol. The maximum Gasteiger partial charge on any atom is 0.241 e. The zero-order chi connectivity index (χ0) is 14.4. The van der Waals surface area contributed by atoms with E-state index in [1.165, 1.54) is 6.92 Å². The zero-order valence-electron chi connectivity index (χ0n) is 11.6. The molecule has 4 N–H and O–H groups in total. The first-order chi connectivity index (χ1) is 8.93. The van der Waals surface area contributed by atoms with Crippen molar-refractivity contribution < 1.29 is 9.59 Å². The summed E-state index contributed by atoms with van der Waals surface area (Å²) in [5.41, 5.74) is 7.20. The summed E-state index contributed by atoms with van der Waals surface area (Å²) < 4.78 is 0. The first kappa shape index (κ1) is 15.2. The summed E-state index contributed by atoms with van der Waals surface area (Å²) in [4.78, 5) is 22.7. The van der Waals surface area contributed by atoms with Crippen LogP contribution in [0.4, 0.5) is 11.4 Å². The maximum atomic E-state index is 11.9. The summed E-state index contributed by atoms with van der Waals surface area (Å²) in [5.74, 6) is -0.184. The fourth-order valence-electron chi connectivity index (χ4n) is 1.58. The first-order valence-corrected chi connectivity index (χ1v) is 6.38. The average Bonchev–Trinajstić information content (AvgIpc) is 2.38. The van der Waals surface area contributed by atoms with E-state index in [2.05, 4.69) is 10.6 Å². The molecule has 2 amide bonds. The van der Waals surface area contributed by atoms with Crippen molar-refractivity contribution >= 4 is 23.2 Å². The Morgan fingerprint density at radius 1 is 1.16 bits per heavy atom. The second-order valence-electron chi connectivity index (χ2n) is 4.66. The molecule has 0 aliphatic heterocycles. The number of amides is 2. The van der Waals surface area contributed by atoms with Crippen LogP contribution in [-0.4, -0.2) is 17.9 Å². The van der Waals surface area contributed by atoms with Crippen LogP contribution in [0.15, 0.2) is 24.3 Å². The Morgan fingerprint density at radius 3 is 2.05 bits per heavy atom. The third kappa shape index (κ3) is 4.71. The Labute approximate surface area is 113 Å². The van der Waals surface area contributed by atoms with E-state index in [0.29, 0.717) is 11.4 Å². The van der Waals surface area contributed by atoms with Crippen molar-refractivity contribution in [2.45, 2.75) is 33.2 Å². The van der Waals surface area contributed by atoms with E-state index in [1.54, 1.807) is 24.3 Å². The Hall–Kier alpha value is -1.88. The predicted octanol–water partition coefficient (Wildman–Crippen LogP) is 1.96. The third-order valence-electron chi connectivity index (χ3n) is 3.03. The Bertz CT molecular complexity index is 443. The third-order valence-corrected chi connectivity index (χ3v) is 3.03. The van der Waals surface area contributed by atoms with Crippen LogP contribution in [-0.2, 0) is 9.59 Å². The van der Waals surface area contributed by atoms with E-state index in [0.717, 1.165) is 6.42 Å². The van der Waals surface area contributed by atoms with Gasteiger partial charge in [-0.1, -0.05) is 20.3 Å². The van der Waals surface area contributed by atoms with E-state index >= 15 is 0 Å². The van der Waals surface area contributed by atoms with Gasteiger partial charge in [-0.25, -0.2) is 0 Å². The van der Waals surface area contributed by atoms with Gasteiger partial charge in [-0.05, 0) is 30.2 Å². The van der Waals surface area contributed by atoms with Gasteiger partial charge in [0.05, 0.1) is 6.04 Å². The SMILES string of the molecule is CCC(C)C(N)C(=O)Nc1ccc(NC(C)=O)cc1. The normalized spacial score (nSPS) is 13.5. The molecular formula is C14H21N3O2. The Morgan fingerprint density at radius 2 is 1.63 bits per heavy atom. The van der Waals surface area contributed by atoms with Gasteiger partial charge < -0.3 is 16.4 Å². The van der Waals surface area contributed by atoms with Gasteiger partial charge in [0.1, 0.15) is 0 Å². The molecule has 0 heterocycles. The van der Waals surface area contributed by atoms with Gasteiger partial charge in [-0.2, -0.15) is 0 Å². The van der Waals surface area contributed by atoms with Gasteiger partial charge >= 0.3 is 0 Å². The van der Waals surface area contributed by atoms with Crippen molar-refractivity contribution in [3.8, 4) is 0 Å². The van der Waals surface area contributed by atoms with Crippen molar-refractivity contribution in [1.82, 2.24) is 0 Å². The maximum absolute atomic E-state index is 11.9. The van der Waals surface area contributed by atoms with Crippen LogP contribution in [0.3, 0.4) is 0 Å². The molecule has 0 saturated heterocycles. The predicted molar refractivity (Wildman–Crippen MR) is 76.8 cm³/mol. The molecule has 0 spiro atoms. The molecule has 0 fully saturated rings. The number of benzene rings is 1. The lowest BCUT2D eigenvalue weighted by Gasteiger charge is -2.17. The second-order valence-corrected chi connectivity index (χ2v) is 4.66. The van der Waals surface area contributed by atoms with Crippen LogP contribution >= 0.6 is 0 Å². The number of nitrogens with two attached hydrogens (primary N) is 1. The van der Waals surface area contributed by atoms with Crippen LogP contribution in [0, 0.1) is 5.92 Å². The smallest absolute Gasteiger partial charge is 0.241 e. The van der Waals surface area contributed by atoms with E-state index in [4.69, 9.17) is 5.73 Å². The lowest BCUT2D eigenvalue weighted by molar-refractivity contribution is -0.118. The fraction of sp³-hybridized carbons (Fsp3) is 0.429. The Balaban J connectivity index is 2.62. The first-order valence-electron chi connectivity index (χ1n) is 6.38. The highest BCUT2D eigenvalue weighted by atomic mass is 16.2. The number of carbonyl (C=O) groups excluding carboxylic acids is 2. The van der Waals surface area contributed by atoms with Gasteiger partial charge in [0.2, 0.25) is 11.8 Å². The lowest BCUT2D eigenvalue weighted by atomic mass is 9.99. The molecule has 1 aromatic rings. The molecule has 0 bridgehead atoms. The van der Waals surface area contributed by atoms with Crippen molar-refractivity contribution in [3.05, 3.63) is 24.3 Å². The summed E-state index contributed by atoms with van der Waals surface area (Å²) in [6.07, 6.45) is 0.857. The highest BCUT2D eigenvalue weighted by Gasteiger charge is 2.19. The number of nitrogens with one attached hydrogen (secondary N) is 2. The van der Waals surface area contributed by atoms with Crippen LogP contribution in [0.2, 0.25) is 0 Å². The molecule has 5 nitrogen and oxygen atoms in total. The number of carbonyl (C=O) groups is 2. The minimum absolute atomic E-state index is 0.129. The van der Waals surface area contributed by atoms with Crippen LogP contribution in [0.1, 0.15) is 27.2 Å². The molecule has 2 atom stereocenters. The van der Waals surface area contributed by atoms with E-state index in [-0.39, 0.29) is 17.7 Å². The quantitative estimate of drug-likeness (QED) is 0.759. The zero-order valence-corrected chi connectivity index (χ0v) is 11.6. The van der Waals surface area contributed by atoms with Gasteiger partial charge in [-0.3, -0.25) is 9.59 Å². The molecule has 19 heavy (non-hydrogen) atoms. The highest BCUT2D eigenvalue weighted by molar-refractivity contribution is 5.95. The van der Waals surface area contributed by atoms with Crippen molar-refractivity contribution in [3.63, 3.8) is 0 Å². The van der Waals surface area contributed by atoms with Crippen LogP contribution < -0.4 is 16.4 Å². The van der Waals surface area contributed by atoms with E-state index in [9.17, 15) is 9.59 Å². The molecule has 5 heteroatoms. The lowest BCUT2D eigenvalue weighted by Crippen LogP contribution is -2.40. The van der Waals surface area contributed by atoms with Gasteiger partial charge in [0.25, 0.3) is 0 Å². The Kier molecular flexibility index (Phi) is 5.51. The molecule has 1 aromatic carbocycles. The standard InChI is InChI=1S/C14H21N3O2/c1-4-9(2)13(15)14(19)17-12-7-5-11(6-8-12)16-10(3)18/h5-9,13H,4,15H2,1-3H3,(H,16,18)(H,17,19). The van der Waals surface area contributed by atoms with Gasteiger partial charge in [0.15, 0.2) is 0 Å². The number of hydrogen-bond donors (Lipinski definition) is 3. The molecule has 0 aliphatic rings. The fourth-order valence-corrected chi connectivity index (χ4v) is 1.58. The van der Waals surface area contributed by atoms with Gasteiger partial charge in [0, 0.05) is 18.3 Å². The summed E-state index contributed by atoms with van der Waals surface area (Å²) in [6, 6.07) is 6.40. The molecule has 0 aliphatic carbocycles. The molecule has 0 radical (unpaired) electrons. The number of anilines is 2. The highest BCUT2D eigenvalue weighted by Crippen LogP contribution is 2.15. The van der Waals surface area contributed by atoms with E-state index in [1.807, 2.05) is 13.8 Å². The topological polar surface area (TPSA) is 84.2 Å².